The smallest absolute Gasteiger partial charge is 0.268 e. The molecule has 0 spiro atoms. The van der Waals surface area contributed by atoms with Gasteiger partial charge < -0.3 is 5.32 Å². The molecule has 2 rings (SSSR count). The fourth-order valence-electron chi connectivity index (χ4n) is 1.23. The number of pyridine rings is 1. The molecule has 0 aliphatic heterocycles. The first kappa shape index (κ1) is 12.4. The molecule has 0 aromatic carbocycles. The van der Waals surface area contributed by atoms with Gasteiger partial charge in [-0.1, -0.05) is 23.2 Å². The molecule has 0 saturated carbocycles. The van der Waals surface area contributed by atoms with Gasteiger partial charge in [0, 0.05) is 6.20 Å². The van der Waals surface area contributed by atoms with Gasteiger partial charge in [0.1, 0.15) is 4.88 Å². The fourth-order valence-corrected chi connectivity index (χ4v) is 2.57. The number of carbonyl (C=O) groups excluding carboxylic acids is 1. The lowest BCUT2D eigenvalue weighted by molar-refractivity contribution is 0.103. The van der Waals surface area contributed by atoms with Crippen molar-refractivity contribution in [3.8, 4) is 0 Å². The highest BCUT2D eigenvalue weighted by atomic mass is 35.5. The monoisotopic (exact) mass is 286 g/mol. The number of halogens is 2. The zero-order valence-electron chi connectivity index (χ0n) is 8.83. The first-order valence-corrected chi connectivity index (χ1v) is 6.38. The third kappa shape index (κ3) is 2.60. The maximum Gasteiger partial charge on any atom is 0.268 e. The first-order chi connectivity index (χ1) is 8.09. The van der Waals surface area contributed by atoms with Gasteiger partial charge in [0.05, 0.1) is 10.0 Å². The van der Waals surface area contributed by atoms with E-state index in [-0.39, 0.29) is 5.91 Å². The molecule has 0 bridgehead atoms. The Labute approximate surface area is 112 Å². The zero-order valence-corrected chi connectivity index (χ0v) is 11.2. The van der Waals surface area contributed by atoms with Crippen LogP contribution in [0.4, 0.5) is 5.82 Å². The van der Waals surface area contributed by atoms with Crippen LogP contribution < -0.4 is 5.32 Å². The molecule has 0 saturated heterocycles. The molecule has 88 valence electrons. The maximum absolute atomic E-state index is 11.9. The molecule has 17 heavy (non-hydrogen) atoms. The van der Waals surface area contributed by atoms with Gasteiger partial charge in [0.2, 0.25) is 0 Å². The van der Waals surface area contributed by atoms with Crippen molar-refractivity contribution in [2.24, 2.45) is 0 Å². The number of aromatic nitrogens is 1. The highest BCUT2D eigenvalue weighted by molar-refractivity contribution is 7.13. The van der Waals surface area contributed by atoms with Crippen molar-refractivity contribution in [1.82, 2.24) is 4.98 Å². The average Bonchev–Trinajstić information content (AvgIpc) is 2.63. The Morgan fingerprint density at radius 2 is 2.24 bits per heavy atom. The average molecular weight is 287 g/mol. The number of anilines is 1. The molecule has 2 aromatic rings. The van der Waals surface area contributed by atoms with Crippen LogP contribution in [0, 0.1) is 6.92 Å². The summed E-state index contributed by atoms with van der Waals surface area (Å²) in [6, 6.07) is 3.35. The quantitative estimate of drug-likeness (QED) is 0.906. The van der Waals surface area contributed by atoms with Crippen molar-refractivity contribution in [3.63, 3.8) is 0 Å². The first-order valence-electron chi connectivity index (χ1n) is 4.75. The Bertz CT molecular complexity index is 568. The van der Waals surface area contributed by atoms with Crippen molar-refractivity contribution < 1.29 is 4.79 Å². The van der Waals surface area contributed by atoms with Crippen LogP contribution in [0.5, 0.6) is 0 Å². The summed E-state index contributed by atoms with van der Waals surface area (Å²) < 4.78 is 0. The second kappa shape index (κ2) is 5.04. The van der Waals surface area contributed by atoms with E-state index in [0.717, 1.165) is 5.56 Å². The summed E-state index contributed by atoms with van der Waals surface area (Å²) in [5.41, 5.74) is 0.883. The predicted molar refractivity (Wildman–Crippen MR) is 71.3 cm³/mol. The summed E-state index contributed by atoms with van der Waals surface area (Å²) in [7, 11) is 0. The summed E-state index contributed by atoms with van der Waals surface area (Å²) in [4.78, 5) is 16.4. The third-order valence-electron chi connectivity index (χ3n) is 2.10. The Hall–Kier alpha value is -1.10. The number of thiophene rings is 1. The van der Waals surface area contributed by atoms with E-state index >= 15 is 0 Å². The molecule has 2 aromatic heterocycles. The largest absolute Gasteiger partial charge is 0.305 e. The van der Waals surface area contributed by atoms with Gasteiger partial charge in [-0.2, -0.15) is 0 Å². The molecule has 1 N–H and O–H groups in total. The van der Waals surface area contributed by atoms with Gasteiger partial charge in [-0.25, -0.2) is 4.98 Å². The zero-order chi connectivity index (χ0) is 12.4. The van der Waals surface area contributed by atoms with E-state index in [1.807, 2.05) is 12.3 Å². The van der Waals surface area contributed by atoms with Gasteiger partial charge in [0.25, 0.3) is 5.91 Å². The van der Waals surface area contributed by atoms with E-state index in [1.54, 1.807) is 18.3 Å². The lowest BCUT2D eigenvalue weighted by Gasteiger charge is -2.04. The van der Waals surface area contributed by atoms with Crippen LogP contribution in [0.2, 0.25) is 10.0 Å². The third-order valence-corrected chi connectivity index (χ3v) is 4.10. The van der Waals surface area contributed by atoms with Gasteiger partial charge in [-0.15, -0.1) is 11.3 Å². The van der Waals surface area contributed by atoms with Gasteiger partial charge in [-0.3, -0.25) is 4.79 Å². The van der Waals surface area contributed by atoms with Gasteiger partial charge in [-0.05, 0) is 30.0 Å². The fraction of sp³-hybridized carbons (Fsp3) is 0.0909. The summed E-state index contributed by atoms with van der Waals surface area (Å²) in [5, 5.41) is 5.32. The van der Waals surface area contributed by atoms with Crippen LogP contribution in [0.3, 0.4) is 0 Å². The maximum atomic E-state index is 11.9. The van der Waals surface area contributed by atoms with E-state index in [2.05, 4.69) is 10.3 Å². The number of rotatable bonds is 2. The number of hydrogen-bond donors (Lipinski definition) is 1. The molecule has 0 atom stereocenters. The lowest BCUT2D eigenvalue weighted by atomic mass is 10.3. The Balaban J connectivity index is 2.23. The van der Waals surface area contributed by atoms with Crippen molar-refractivity contribution in [1.29, 1.82) is 0 Å². The number of hydrogen-bond acceptors (Lipinski definition) is 3. The number of nitrogens with one attached hydrogen (secondary N) is 1. The van der Waals surface area contributed by atoms with Crippen LogP contribution in [0.15, 0.2) is 23.7 Å². The summed E-state index contributed by atoms with van der Waals surface area (Å²) in [5.74, 6) is 0.0370. The molecular formula is C11H8Cl2N2OS. The lowest BCUT2D eigenvalue weighted by Crippen LogP contribution is -2.12. The second-order valence-corrected chi connectivity index (χ2v) is 5.01. The molecule has 1 amide bonds. The highest BCUT2D eigenvalue weighted by Crippen LogP contribution is 2.28. The predicted octanol–water partition coefficient (Wildman–Crippen LogP) is 4.01. The Morgan fingerprint density at radius 3 is 2.82 bits per heavy atom. The van der Waals surface area contributed by atoms with Crippen LogP contribution in [-0.4, -0.2) is 10.9 Å². The Morgan fingerprint density at radius 1 is 1.47 bits per heavy atom. The van der Waals surface area contributed by atoms with Crippen LogP contribution >= 0.6 is 34.5 Å². The number of nitrogens with zero attached hydrogens (tertiary/aromatic N) is 1. The normalized spacial score (nSPS) is 10.3. The summed E-state index contributed by atoms with van der Waals surface area (Å²) in [6.07, 6.45) is 1.56. The molecule has 2 heterocycles. The van der Waals surface area contributed by atoms with Crippen LogP contribution in [-0.2, 0) is 0 Å². The molecule has 0 aliphatic rings. The summed E-state index contributed by atoms with van der Waals surface area (Å²) in [6.45, 7) is 1.85. The van der Waals surface area contributed by atoms with E-state index in [0.29, 0.717) is 20.7 Å². The van der Waals surface area contributed by atoms with E-state index in [1.165, 1.54) is 11.3 Å². The van der Waals surface area contributed by atoms with Gasteiger partial charge >= 0.3 is 0 Å². The summed E-state index contributed by atoms with van der Waals surface area (Å²) >= 11 is 13.2. The SMILES string of the molecule is Cc1csc(C(=O)Nc2ncccc2Cl)c1Cl. The molecular weight excluding hydrogens is 279 g/mol. The Kier molecular flexibility index (Phi) is 3.66. The molecule has 0 radical (unpaired) electrons. The van der Waals surface area contributed by atoms with E-state index < -0.39 is 0 Å². The minimum atomic E-state index is -0.297. The number of aryl methyl sites for hydroxylation is 1. The highest BCUT2D eigenvalue weighted by Gasteiger charge is 2.16. The minimum absolute atomic E-state index is 0.297. The molecule has 0 fully saturated rings. The van der Waals surface area contributed by atoms with Crippen molar-refractivity contribution in [2.75, 3.05) is 5.32 Å². The van der Waals surface area contributed by atoms with E-state index in [9.17, 15) is 4.79 Å². The molecule has 0 aliphatic carbocycles. The molecule has 0 unspecified atom stereocenters. The second-order valence-electron chi connectivity index (χ2n) is 3.35. The van der Waals surface area contributed by atoms with Gasteiger partial charge in [0.15, 0.2) is 5.82 Å². The van der Waals surface area contributed by atoms with E-state index in [4.69, 9.17) is 23.2 Å². The van der Waals surface area contributed by atoms with Crippen molar-refractivity contribution in [2.45, 2.75) is 6.92 Å². The standard InChI is InChI=1S/C11H8Cl2N2OS/c1-6-5-17-9(8(6)13)11(16)15-10-7(12)3-2-4-14-10/h2-5H,1H3,(H,14,15,16). The molecule has 6 heteroatoms. The molecule has 3 nitrogen and oxygen atoms in total. The van der Waals surface area contributed by atoms with Crippen LogP contribution in [0.25, 0.3) is 0 Å². The number of amides is 1. The van der Waals surface area contributed by atoms with Crippen molar-refractivity contribution in [3.05, 3.63) is 44.2 Å². The minimum Gasteiger partial charge on any atom is -0.305 e. The topological polar surface area (TPSA) is 42.0 Å². The van der Waals surface area contributed by atoms with Crippen molar-refractivity contribution >= 4 is 46.3 Å². The number of carbonyl (C=O) groups is 1. The van der Waals surface area contributed by atoms with Crippen LogP contribution in [0.1, 0.15) is 15.2 Å².